The quantitative estimate of drug-likeness (QED) is 0.748. The fraction of sp³-hybridized carbons (Fsp3) is 0.471. The maximum Gasteiger partial charge on any atom is 0.227 e. The zero-order valence-corrected chi connectivity index (χ0v) is 12.1. The molecule has 0 bridgehead atoms. The van der Waals surface area contributed by atoms with Gasteiger partial charge in [0.1, 0.15) is 0 Å². The summed E-state index contributed by atoms with van der Waals surface area (Å²) >= 11 is 0. The standard InChI is InChI=1S/C17H23NO/c1-5-8-13-11-12-16(19)18(13)15-10-7-6-9-14(15)17(2,3)4/h5-7,9-10,13H,1,8,11-12H2,2-4H3/t13-/m1/s1. The van der Waals surface area contributed by atoms with Crippen LogP contribution in [0.3, 0.4) is 0 Å². The average Bonchev–Trinajstić information content (AvgIpc) is 2.70. The molecule has 1 atom stereocenters. The van der Waals surface area contributed by atoms with E-state index in [0.29, 0.717) is 6.42 Å². The van der Waals surface area contributed by atoms with E-state index in [0.717, 1.165) is 18.5 Å². The third-order valence-corrected chi connectivity index (χ3v) is 3.74. The van der Waals surface area contributed by atoms with Crippen LogP contribution in [0.2, 0.25) is 0 Å². The number of para-hydroxylation sites is 1. The van der Waals surface area contributed by atoms with Crippen LogP contribution >= 0.6 is 0 Å². The second kappa shape index (κ2) is 5.20. The van der Waals surface area contributed by atoms with E-state index in [-0.39, 0.29) is 17.4 Å². The van der Waals surface area contributed by atoms with Gasteiger partial charge in [-0.3, -0.25) is 4.79 Å². The van der Waals surface area contributed by atoms with Crippen molar-refractivity contribution in [1.29, 1.82) is 0 Å². The normalized spacial score (nSPS) is 19.8. The predicted octanol–water partition coefficient (Wildman–Crippen LogP) is 4.06. The third-order valence-electron chi connectivity index (χ3n) is 3.74. The van der Waals surface area contributed by atoms with Crippen molar-refractivity contribution in [3.63, 3.8) is 0 Å². The molecule has 0 radical (unpaired) electrons. The van der Waals surface area contributed by atoms with Crippen molar-refractivity contribution in [2.24, 2.45) is 0 Å². The highest BCUT2D eigenvalue weighted by atomic mass is 16.2. The second-order valence-electron chi connectivity index (χ2n) is 6.25. The van der Waals surface area contributed by atoms with Crippen LogP contribution in [-0.2, 0) is 10.2 Å². The molecule has 0 N–H and O–H groups in total. The number of hydrogen-bond donors (Lipinski definition) is 0. The van der Waals surface area contributed by atoms with E-state index in [1.807, 2.05) is 23.1 Å². The molecule has 2 rings (SSSR count). The molecule has 2 heteroatoms. The maximum absolute atomic E-state index is 12.2. The Balaban J connectivity index is 2.45. The Hall–Kier alpha value is -1.57. The van der Waals surface area contributed by atoms with Gasteiger partial charge in [0.05, 0.1) is 0 Å². The fourth-order valence-electron chi connectivity index (χ4n) is 2.81. The van der Waals surface area contributed by atoms with Crippen molar-refractivity contribution in [3.8, 4) is 0 Å². The number of benzene rings is 1. The molecular weight excluding hydrogens is 234 g/mol. The van der Waals surface area contributed by atoms with Gasteiger partial charge >= 0.3 is 0 Å². The second-order valence-corrected chi connectivity index (χ2v) is 6.25. The minimum absolute atomic E-state index is 0.0399. The Labute approximate surface area is 116 Å². The molecule has 102 valence electrons. The van der Waals surface area contributed by atoms with E-state index in [9.17, 15) is 4.79 Å². The Bertz CT molecular complexity index is 484. The van der Waals surface area contributed by atoms with Crippen LogP contribution in [0.5, 0.6) is 0 Å². The van der Waals surface area contributed by atoms with Crippen molar-refractivity contribution in [2.45, 2.75) is 51.5 Å². The van der Waals surface area contributed by atoms with E-state index in [2.05, 4.69) is 39.5 Å². The lowest BCUT2D eigenvalue weighted by molar-refractivity contribution is -0.117. The first-order valence-corrected chi connectivity index (χ1v) is 6.97. The molecule has 1 aromatic carbocycles. The minimum atomic E-state index is 0.0399. The van der Waals surface area contributed by atoms with Crippen LogP contribution in [0, 0.1) is 0 Å². The minimum Gasteiger partial charge on any atom is -0.309 e. The summed E-state index contributed by atoms with van der Waals surface area (Å²) in [7, 11) is 0. The van der Waals surface area contributed by atoms with E-state index in [1.54, 1.807) is 0 Å². The van der Waals surface area contributed by atoms with Crippen molar-refractivity contribution in [1.82, 2.24) is 0 Å². The van der Waals surface area contributed by atoms with Crippen molar-refractivity contribution >= 4 is 11.6 Å². The van der Waals surface area contributed by atoms with Gasteiger partial charge in [0.15, 0.2) is 0 Å². The lowest BCUT2D eigenvalue weighted by Crippen LogP contribution is -2.34. The average molecular weight is 257 g/mol. The molecule has 0 saturated carbocycles. The molecular formula is C17H23NO. The van der Waals surface area contributed by atoms with Crippen LogP contribution in [0.1, 0.15) is 45.6 Å². The van der Waals surface area contributed by atoms with E-state index < -0.39 is 0 Å². The van der Waals surface area contributed by atoms with E-state index >= 15 is 0 Å². The Morgan fingerprint density at radius 1 is 1.37 bits per heavy atom. The van der Waals surface area contributed by atoms with Crippen LogP contribution in [-0.4, -0.2) is 11.9 Å². The summed E-state index contributed by atoms with van der Waals surface area (Å²) in [4.78, 5) is 14.2. The first kappa shape index (κ1) is 13.9. The SMILES string of the molecule is C=CC[C@@H]1CCC(=O)N1c1ccccc1C(C)(C)C. The van der Waals surface area contributed by atoms with Crippen molar-refractivity contribution in [2.75, 3.05) is 4.90 Å². The summed E-state index contributed by atoms with van der Waals surface area (Å²) in [6, 6.07) is 8.54. The predicted molar refractivity (Wildman–Crippen MR) is 80.5 cm³/mol. The molecule has 0 aromatic heterocycles. The Morgan fingerprint density at radius 2 is 2.05 bits per heavy atom. The lowest BCUT2D eigenvalue weighted by atomic mass is 9.85. The zero-order chi connectivity index (χ0) is 14.0. The number of amides is 1. The summed E-state index contributed by atoms with van der Waals surface area (Å²) < 4.78 is 0. The summed E-state index contributed by atoms with van der Waals surface area (Å²) in [5, 5.41) is 0. The summed E-state index contributed by atoms with van der Waals surface area (Å²) in [6.07, 6.45) is 4.36. The van der Waals surface area contributed by atoms with Crippen molar-refractivity contribution in [3.05, 3.63) is 42.5 Å². The van der Waals surface area contributed by atoms with Crippen molar-refractivity contribution < 1.29 is 4.79 Å². The molecule has 1 heterocycles. The summed E-state index contributed by atoms with van der Waals surface area (Å²) in [5.41, 5.74) is 2.35. The van der Waals surface area contributed by atoms with Gasteiger partial charge in [-0.2, -0.15) is 0 Å². The monoisotopic (exact) mass is 257 g/mol. The molecule has 2 nitrogen and oxygen atoms in total. The van der Waals surface area contributed by atoms with Gasteiger partial charge in [-0.15, -0.1) is 6.58 Å². The highest BCUT2D eigenvalue weighted by Gasteiger charge is 2.33. The first-order chi connectivity index (χ1) is 8.95. The van der Waals surface area contributed by atoms with Crippen LogP contribution in [0.15, 0.2) is 36.9 Å². The topological polar surface area (TPSA) is 20.3 Å². The highest BCUT2D eigenvalue weighted by Crippen LogP contribution is 2.36. The molecule has 1 aliphatic rings. The molecule has 1 aliphatic heterocycles. The van der Waals surface area contributed by atoms with Gasteiger partial charge in [-0.1, -0.05) is 45.0 Å². The van der Waals surface area contributed by atoms with E-state index in [4.69, 9.17) is 0 Å². The molecule has 1 fully saturated rings. The fourth-order valence-corrected chi connectivity index (χ4v) is 2.81. The maximum atomic E-state index is 12.2. The third kappa shape index (κ3) is 2.73. The number of nitrogens with zero attached hydrogens (tertiary/aromatic N) is 1. The smallest absolute Gasteiger partial charge is 0.227 e. The molecule has 1 amide bonds. The molecule has 1 aromatic rings. The Kier molecular flexibility index (Phi) is 3.79. The number of hydrogen-bond acceptors (Lipinski definition) is 1. The number of rotatable bonds is 3. The molecule has 0 aliphatic carbocycles. The highest BCUT2D eigenvalue weighted by molar-refractivity contribution is 5.97. The van der Waals surface area contributed by atoms with E-state index in [1.165, 1.54) is 5.56 Å². The van der Waals surface area contributed by atoms with Gasteiger partial charge in [0, 0.05) is 18.2 Å². The first-order valence-electron chi connectivity index (χ1n) is 6.97. The summed E-state index contributed by atoms with van der Waals surface area (Å²) in [5.74, 6) is 0.239. The molecule has 0 unspecified atom stereocenters. The molecule has 1 saturated heterocycles. The van der Waals surface area contributed by atoms with Gasteiger partial charge in [0.2, 0.25) is 5.91 Å². The van der Waals surface area contributed by atoms with Gasteiger partial charge in [0.25, 0.3) is 0 Å². The Morgan fingerprint density at radius 3 is 2.68 bits per heavy atom. The largest absolute Gasteiger partial charge is 0.309 e. The molecule has 0 spiro atoms. The number of carbonyl (C=O) groups is 1. The summed E-state index contributed by atoms with van der Waals surface area (Å²) in [6.45, 7) is 10.4. The van der Waals surface area contributed by atoms with Gasteiger partial charge in [-0.25, -0.2) is 0 Å². The van der Waals surface area contributed by atoms with Crippen LogP contribution in [0.25, 0.3) is 0 Å². The van der Waals surface area contributed by atoms with Crippen LogP contribution < -0.4 is 4.90 Å². The lowest BCUT2D eigenvalue weighted by Gasteiger charge is -2.31. The number of carbonyl (C=O) groups excluding carboxylic acids is 1. The van der Waals surface area contributed by atoms with Gasteiger partial charge < -0.3 is 4.90 Å². The zero-order valence-electron chi connectivity index (χ0n) is 12.1. The number of anilines is 1. The molecule has 19 heavy (non-hydrogen) atoms. The van der Waals surface area contributed by atoms with Gasteiger partial charge in [-0.05, 0) is 29.9 Å². The van der Waals surface area contributed by atoms with Crippen LogP contribution in [0.4, 0.5) is 5.69 Å².